The van der Waals surface area contributed by atoms with Gasteiger partial charge in [-0.1, -0.05) is 65.9 Å². The van der Waals surface area contributed by atoms with Crippen LogP contribution in [0.1, 0.15) is 42.5 Å². The van der Waals surface area contributed by atoms with Crippen molar-refractivity contribution >= 4 is 62.9 Å². The molecule has 2 aliphatic heterocycles. The number of hydrogen-bond donors (Lipinski definition) is 1. The van der Waals surface area contributed by atoms with Gasteiger partial charge in [0, 0.05) is 30.0 Å². The van der Waals surface area contributed by atoms with Crippen LogP contribution in [0.2, 0.25) is 0 Å². The molecule has 2 fully saturated rings. The van der Waals surface area contributed by atoms with E-state index in [9.17, 15) is 9.59 Å². The fraction of sp³-hybridized carbons (Fsp3) is 0.286. The average molecular weight is 517 g/mol. The van der Waals surface area contributed by atoms with Crippen molar-refractivity contribution in [2.45, 2.75) is 32.7 Å². The van der Waals surface area contributed by atoms with Crippen LogP contribution >= 0.6 is 24.0 Å². The van der Waals surface area contributed by atoms with Gasteiger partial charge in [-0.2, -0.15) is 0 Å². The summed E-state index contributed by atoms with van der Waals surface area (Å²) in [4.78, 5) is 34.7. The smallest absolute Gasteiger partial charge is 0.266 e. The van der Waals surface area contributed by atoms with Gasteiger partial charge >= 0.3 is 0 Å². The maximum atomic E-state index is 13.5. The summed E-state index contributed by atoms with van der Waals surface area (Å²) in [5.74, 6) is 0.372. The molecular formula is C28H28N4O2S2. The van der Waals surface area contributed by atoms with Gasteiger partial charge in [-0.25, -0.2) is 4.98 Å². The molecule has 1 atom stereocenters. The second kappa shape index (κ2) is 10.0. The minimum absolute atomic E-state index is 0.0934. The maximum absolute atomic E-state index is 13.5. The van der Waals surface area contributed by atoms with Crippen LogP contribution in [0.15, 0.2) is 59.5 Å². The van der Waals surface area contributed by atoms with Crippen LogP contribution in [0.3, 0.4) is 0 Å². The van der Waals surface area contributed by atoms with Gasteiger partial charge in [0.25, 0.3) is 5.91 Å². The molecule has 184 valence electrons. The van der Waals surface area contributed by atoms with Gasteiger partial charge in [0.1, 0.15) is 10.1 Å². The third-order valence-corrected chi connectivity index (χ3v) is 8.29. The first-order valence-corrected chi connectivity index (χ1v) is 13.3. The number of carbonyl (C=O) groups excluding carboxylic acids is 2. The molecule has 0 bridgehead atoms. The van der Waals surface area contributed by atoms with Crippen LogP contribution in [-0.4, -0.2) is 39.1 Å². The van der Waals surface area contributed by atoms with Crippen LogP contribution in [0.25, 0.3) is 17.0 Å². The highest BCUT2D eigenvalue weighted by Gasteiger charge is 2.36. The molecule has 0 radical (unpaired) electrons. The second-order valence-corrected chi connectivity index (χ2v) is 11.1. The molecule has 0 aliphatic carbocycles. The number of aromatic nitrogens is 1. The largest absolute Gasteiger partial charge is 0.369 e. The molecule has 0 spiro atoms. The number of pyridine rings is 1. The van der Waals surface area contributed by atoms with Gasteiger partial charge in [-0.15, -0.1) is 0 Å². The summed E-state index contributed by atoms with van der Waals surface area (Å²) in [5, 5.41) is 1.02. The number of aryl methyl sites for hydroxylation is 1. The number of thiocarbonyl (C=S) groups is 1. The quantitative estimate of drug-likeness (QED) is 0.371. The lowest BCUT2D eigenvalue weighted by molar-refractivity contribution is -0.123. The molecule has 5 rings (SSSR count). The van der Waals surface area contributed by atoms with E-state index in [0.717, 1.165) is 33.4 Å². The van der Waals surface area contributed by atoms with E-state index >= 15 is 0 Å². The molecule has 2 aliphatic rings. The molecule has 2 aromatic carbocycles. The monoisotopic (exact) mass is 516 g/mol. The molecule has 6 nitrogen and oxygen atoms in total. The third-order valence-electron chi connectivity index (χ3n) is 6.95. The zero-order chi connectivity index (χ0) is 25.4. The fourth-order valence-electron chi connectivity index (χ4n) is 4.87. The van der Waals surface area contributed by atoms with E-state index in [2.05, 4.69) is 24.0 Å². The van der Waals surface area contributed by atoms with Gasteiger partial charge in [-0.3, -0.25) is 14.5 Å². The number of hydrogen-bond acceptors (Lipinski definition) is 6. The molecule has 2 saturated heterocycles. The first-order chi connectivity index (χ1) is 17.3. The Labute approximate surface area is 220 Å². The molecule has 36 heavy (non-hydrogen) atoms. The molecule has 3 aromatic rings. The molecule has 2 amide bonds. The van der Waals surface area contributed by atoms with Gasteiger partial charge < -0.3 is 10.6 Å². The van der Waals surface area contributed by atoms with Crippen molar-refractivity contribution < 1.29 is 9.59 Å². The molecule has 0 saturated carbocycles. The van der Waals surface area contributed by atoms with Gasteiger partial charge in [0.05, 0.1) is 16.5 Å². The highest BCUT2D eigenvalue weighted by molar-refractivity contribution is 8.26. The van der Waals surface area contributed by atoms with Crippen molar-refractivity contribution in [1.82, 2.24) is 9.88 Å². The highest BCUT2D eigenvalue weighted by atomic mass is 32.2. The number of nitrogens with two attached hydrogens (primary N) is 1. The van der Waals surface area contributed by atoms with Crippen molar-refractivity contribution in [2.24, 2.45) is 11.7 Å². The van der Waals surface area contributed by atoms with E-state index in [0.29, 0.717) is 35.2 Å². The van der Waals surface area contributed by atoms with Crippen LogP contribution in [0, 0.1) is 12.8 Å². The van der Waals surface area contributed by atoms with E-state index < -0.39 is 0 Å². The molecule has 1 aromatic heterocycles. The van der Waals surface area contributed by atoms with Crippen molar-refractivity contribution in [3.05, 3.63) is 76.2 Å². The van der Waals surface area contributed by atoms with Crippen LogP contribution < -0.4 is 10.6 Å². The van der Waals surface area contributed by atoms with Crippen molar-refractivity contribution in [1.29, 1.82) is 0 Å². The Morgan fingerprint density at radius 1 is 1.17 bits per heavy atom. The van der Waals surface area contributed by atoms with Gasteiger partial charge in [0.15, 0.2) is 0 Å². The summed E-state index contributed by atoms with van der Waals surface area (Å²) in [5.41, 5.74) is 9.50. The van der Waals surface area contributed by atoms with Crippen molar-refractivity contribution in [3.8, 4) is 0 Å². The number of thioether (sulfide) groups is 1. The zero-order valence-electron chi connectivity index (χ0n) is 20.3. The first-order valence-electron chi connectivity index (χ1n) is 12.1. The predicted molar refractivity (Wildman–Crippen MR) is 150 cm³/mol. The molecule has 1 unspecified atom stereocenters. The average Bonchev–Trinajstić information content (AvgIpc) is 3.16. The van der Waals surface area contributed by atoms with E-state index in [4.69, 9.17) is 22.9 Å². The van der Waals surface area contributed by atoms with Crippen LogP contribution in [0.5, 0.6) is 0 Å². The molecule has 8 heteroatoms. The number of benzene rings is 2. The Kier molecular flexibility index (Phi) is 6.81. The SMILES string of the molecule is Cc1ccc2nc(N3CCC(C(N)=O)CC3)c(/C=C3\SC(=S)N(C(C)c4ccccc4)C3=O)cc2c1. The van der Waals surface area contributed by atoms with Crippen LogP contribution in [-0.2, 0) is 9.59 Å². The van der Waals surface area contributed by atoms with Gasteiger partial charge in [-0.05, 0) is 56.5 Å². The van der Waals surface area contributed by atoms with Gasteiger partial charge in [0.2, 0.25) is 5.91 Å². The summed E-state index contributed by atoms with van der Waals surface area (Å²) in [6.45, 7) is 5.42. The summed E-state index contributed by atoms with van der Waals surface area (Å²) in [6.07, 6.45) is 3.31. The summed E-state index contributed by atoms with van der Waals surface area (Å²) in [6, 6.07) is 18.0. The number of amides is 2. The highest BCUT2D eigenvalue weighted by Crippen LogP contribution is 2.39. The minimum atomic E-state index is -0.243. The molecule has 2 N–H and O–H groups in total. The Balaban J connectivity index is 1.52. The third kappa shape index (κ3) is 4.75. The number of fused-ring (bicyclic) bond motifs is 1. The lowest BCUT2D eigenvalue weighted by atomic mass is 9.96. The Morgan fingerprint density at radius 3 is 2.58 bits per heavy atom. The van der Waals surface area contributed by atoms with Crippen molar-refractivity contribution in [2.75, 3.05) is 18.0 Å². The first kappa shape index (κ1) is 24.5. The predicted octanol–water partition coefficient (Wildman–Crippen LogP) is 5.21. The van der Waals surface area contributed by atoms with E-state index in [1.165, 1.54) is 11.8 Å². The van der Waals surface area contributed by atoms with E-state index in [1.807, 2.05) is 55.5 Å². The number of anilines is 1. The zero-order valence-corrected chi connectivity index (χ0v) is 21.9. The normalized spacial score (nSPS) is 18.9. The Bertz CT molecular complexity index is 1380. The lowest BCUT2D eigenvalue weighted by Gasteiger charge is -2.32. The summed E-state index contributed by atoms with van der Waals surface area (Å²) in [7, 11) is 0. The summed E-state index contributed by atoms with van der Waals surface area (Å²) >= 11 is 6.96. The number of nitrogens with zero attached hydrogens (tertiary/aromatic N) is 3. The second-order valence-electron chi connectivity index (χ2n) is 9.40. The maximum Gasteiger partial charge on any atom is 0.266 e. The number of primary amides is 1. The molecular weight excluding hydrogens is 488 g/mol. The molecule has 3 heterocycles. The Morgan fingerprint density at radius 2 is 1.89 bits per heavy atom. The van der Waals surface area contributed by atoms with E-state index in [1.54, 1.807) is 4.90 Å². The Hall–Kier alpha value is -3.23. The minimum Gasteiger partial charge on any atom is -0.369 e. The van der Waals surface area contributed by atoms with E-state index in [-0.39, 0.29) is 23.8 Å². The standard InChI is InChI=1S/C28H28N4O2S2/c1-17-8-9-23-21(14-17)15-22(26(30-23)31-12-10-20(11-13-31)25(29)33)16-24-27(34)32(28(35)36-24)18(2)19-6-4-3-5-7-19/h3-9,14-16,18,20H,10-13H2,1-2H3,(H2,29,33)/b24-16-. The number of rotatable bonds is 5. The number of piperidine rings is 1. The topological polar surface area (TPSA) is 79.5 Å². The van der Waals surface area contributed by atoms with Crippen LogP contribution in [0.4, 0.5) is 5.82 Å². The summed E-state index contributed by atoms with van der Waals surface area (Å²) < 4.78 is 0.552. The lowest BCUT2D eigenvalue weighted by Crippen LogP contribution is -2.39. The fourth-order valence-corrected chi connectivity index (χ4v) is 6.28. The number of carbonyl (C=O) groups is 2. The van der Waals surface area contributed by atoms with Crippen molar-refractivity contribution in [3.63, 3.8) is 0 Å².